The molecule has 0 aliphatic carbocycles. The van der Waals surface area contributed by atoms with Gasteiger partial charge in [-0.15, -0.1) is 0 Å². The lowest BCUT2D eigenvalue weighted by molar-refractivity contribution is -0.0369. The summed E-state index contributed by atoms with van der Waals surface area (Å²) in [6.45, 7) is 6.65. The summed E-state index contributed by atoms with van der Waals surface area (Å²) in [6.07, 6.45) is 4.00. The van der Waals surface area contributed by atoms with Crippen molar-refractivity contribution in [3.05, 3.63) is 0 Å². The normalized spacial score (nSPS) is 29.4. The van der Waals surface area contributed by atoms with Gasteiger partial charge in [0, 0.05) is 12.5 Å². The number of rotatable bonds is 5. The highest BCUT2D eigenvalue weighted by atomic mass is 16.5. The number of nitrogens with two attached hydrogens (primary N) is 1. The first-order valence-corrected chi connectivity index (χ1v) is 5.88. The number of hydrogen-bond acceptors (Lipinski definition) is 3. The monoisotopic (exact) mass is 198 g/mol. The highest BCUT2D eigenvalue weighted by Gasteiger charge is 2.22. The first-order valence-electron chi connectivity index (χ1n) is 5.88. The predicted octanol–water partition coefficient (Wildman–Crippen LogP) is 0.694. The van der Waals surface area contributed by atoms with Gasteiger partial charge in [-0.2, -0.15) is 0 Å². The fourth-order valence-corrected chi connectivity index (χ4v) is 2.36. The summed E-state index contributed by atoms with van der Waals surface area (Å²) in [7, 11) is 0. The maximum atomic E-state index is 5.66. The third-order valence-electron chi connectivity index (χ3n) is 3.50. The maximum absolute atomic E-state index is 5.66. The largest absolute Gasteiger partial charge is 0.381 e. The molecule has 0 radical (unpaired) electrons. The molecule has 2 aliphatic rings. The molecule has 0 aromatic rings. The topological polar surface area (TPSA) is 38.5 Å². The highest BCUT2D eigenvalue weighted by molar-refractivity contribution is 4.76. The van der Waals surface area contributed by atoms with E-state index in [1.165, 1.54) is 38.9 Å². The van der Waals surface area contributed by atoms with Gasteiger partial charge in [-0.05, 0) is 44.8 Å². The lowest BCUT2D eigenvalue weighted by Crippen LogP contribution is -2.29. The van der Waals surface area contributed by atoms with E-state index in [9.17, 15) is 0 Å². The fourth-order valence-electron chi connectivity index (χ4n) is 2.36. The summed E-state index contributed by atoms with van der Waals surface area (Å²) in [6, 6.07) is 0. The Kier molecular flexibility index (Phi) is 3.79. The van der Waals surface area contributed by atoms with E-state index in [2.05, 4.69) is 4.90 Å². The molecule has 1 atom stereocenters. The zero-order chi connectivity index (χ0) is 9.80. The van der Waals surface area contributed by atoms with Crippen molar-refractivity contribution in [3.8, 4) is 0 Å². The Hall–Kier alpha value is -0.120. The van der Waals surface area contributed by atoms with Crippen molar-refractivity contribution in [3.63, 3.8) is 0 Å². The Morgan fingerprint density at radius 2 is 2.14 bits per heavy atom. The number of likely N-dealkylation sites (tertiary alicyclic amines) is 1. The summed E-state index contributed by atoms with van der Waals surface area (Å²) in [5.41, 5.74) is 5.66. The zero-order valence-electron chi connectivity index (χ0n) is 8.95. The van der Waals surface area contributed by atoms with E-state index in [1.807, 2.05) is 0 Å². The van der Waals surface area contributed by atoms with Crippen LogP contribution >= 0.6 is 0 Å². The molecule has 0 saturated carbocycles. The number of hydrogen-bond donors (Lipinski definition) is 1. The van der Waals surface area contributed by atoms with Crippen LogP contribution in [0.2, 0.25) is 0 Å². The van der Waals surface area contributed by atoms with Gasteiger partial charge in [0.2, 0.25) is 0 Å². The molecule has 0 spiro atoms. The highest BCUT2D eigenvalue weighted by Crippen LogP contribution is 2.19. The van der Waals surface area contributed by atoms with Crippen LogP contribution in [-0.2, 0) is 4.74 Å². The predicted molar refractivity (Wildman–Crippen MR) is 57.1 cm³/mol. The molecular weight excluding hydrogens is 176 g/mol. The standard InChI is InChI=1S/C11H22N2O/c12-6-10-3-5-13(7-10)4-1-2-11-8-14-9-11/h10-11H,1-9,12H2. The van der Waals surface area contributed by atoms with Gasteiger partial charge in [-0.3, -0.25) is 0 Å². The SMILES string of the molecule is NCC1CCN(CCCC2COC2)C1. The van der Waals surface area contributed by atoms with E-state index in [1.54, 1.807) is 0 Å². The van der Waals surface area contributed by atoms with Gasteiger partial charge in [-0.1, -0.05) is 0 Å². The molecule has 2 heterocycles. The second kappa shape index (κ2) is 5.10. The molecule has 2 fully saturated rings. The van der Waals surface area contributed by atoms with Gasteiger partial charge < -0.3 is 15.4 Å². The molecule has 2 saturated heterocycles. The van der Waals surface area contributed by atoms with Gasteiger partial charge >= 0.3 is 0 Å². The molecule has 82 valence electrons. The van der Waals surface area contributed by atoms with Gasteiger partial charge in [-0.25, -0.2) is 0 Å². The molecular formula is C11H22N2O. The van der Waals surface area contributed by atoms with Gasteiger partial charge in [0.15, 0.2) is 0 Å². The van der Waals surface area contributed by atoms with Crippen LogP contribution < -0.4 is 5.73 Å². The van der Waals surface area contributed by atoms with Crippen molar-refractivity contribution in [1.29, 1.82) is 0 Å². The molecule has 1 unspecified atom stereocenters. The minimum atomic E-state index is 0.766. The lowest BCUT2D eigenvalue weighted by Gasteiger charge is -2.26. The second-order valence-corrected chi connectivity index (χ2v) is 4.74. The van der Waals surface area contributed by atoms with Crippen LogP contribution in [0.4, 0.5) is 0 Å². The maximum Gasteiger partial charge on any atom is 0.0516 e. The summed E-state index contributed by atoms with van der Waals surface area (Å²) in [5.74, 6) is 1.63. The van der Waals surface area contributed by atoms with Gasteiger partial charge in [0.1, 0.15) is 0 Å². The van der Waals surface area contributed by atoms with Crippen molar-refractivity contribution in [2.24, 2.45) is 17.6 Å². The van der Waals surface area contributed by atoms with Crippen LogP contribution in [0.25, 0.3) is 0 Å². The van der Waals surface area contributed by atoms with E-state index in [0.717, 1.165) is 31.6 Å². The van der Waals surface area contributed by atoms with Crippen molar-refractivity contribution in [1.82, 2.24) is 4.90 Å². The van der Waals surface area contributed by atoms with E-state index >= 15 is 0 Å². The molecule has 0 amide bonds. The second-order valence-electron chi connectivity index (χ2n) is 4.74. The zero-order valence-corrected chi connectivity index (χ0v) is 8.95. The molecule has 2 N–H and O–H groups in total. The molecule has 3 heteroatoms. The molecule has 0 aromatic carbocycles. The van der Waals surface area contributed by atoms with E-state index in [-0.39, 0.29) is 0 Å². The summed E-state index contributed by atoms with van der Waals surface area (Å²) in [4.78, 5) is 2.57. The van der Waals surface area contributed by atoms with Gasteiger partial charge in [0.05, 0.1) is 13.2 Å². The van der Waals surface area contributed by atoms with Crippen LogP contribution in [0.1, 0.15) is 19.3 Å². The first-order chi connectivity index (χ1) is 6.88. The molecule has 3 nitrogen and oxygen atoms in total. The van der Waals surface area contributed by atoms with Gasteiger partial charge in [0.25, 0.3) is 0 Å². The summed E-state index contributed by atoms with van der Waals surface area (Å²) in [5, 5.41) is 0. The van der Waals surface area contributed by atoms with Crippen LogP contribution in [0.15, 0.2) is 0 Å². The van der Waals surface area contributed by atoms with Crippen LogP contribution in [-0.4, -0.2) is 44.3 Å². The average molecular weight is 198 g/mol. The third kappa shape index (κ3) is 2.69. The smallest absolute Gasteiger partial charge is 0.0516 e. The molecule has 2 aliphatic heterocycles. The van der Waals surface area contributed by atoms with Crippen LogP contribution in [0, 0.1) is 11.8 Å². The van der Waals surface area contributed by atoms with E-state index < -0.39 is 0 Å². The summed E-state index contributed by atoms with van der Waals surface area (Å²) < 4.78 is 5.16. The minimum Gasteiger partial charge on any atom is -0.381 e. The molecule has 14 heavy (non-hydrogen) atoms. The van der Waals surface area contributed by atoms with Crippen LogP contribution in [0.5, 0.6) is 0 Å². The minimum absolute atomic E-state index is 0.766. The first kappa shape index (κ1) is 10.4. The fraction of sp³-hybridized carbons (Fsp3) is 1.00. The van der Waals surface area contributed by atoms with Crippen molar-refractivity contribution in [2.45, 2.75) is 19.3 Å². The third-order valence-corrected chi connectivity index (χ3v) is 3.50. The van der Waals surface area contributed by atoms with E-state index in [0.29, 0.717) is 0 Å². The van der Waals surface area contributed by atoms with Crippen molar-refractivity contribution < 1.29 is 4.74 Å². The van der Waals surface area contributed by atoms with Crippen molar-refractivity contribution in [2.75, 3.05) is 39.4 Å². The number of ether oxygens (including phenoxy) is 1. The molecule has 0 aromatic heterocycles. The van der Waals surface area contributed by atoms with E-state index in [4.69, 9.17) is 10.5 Å². The van der Waals surface area contributed by atoms with Crippen molar-refractivity contribution >= 4 is 0 Å². The Morgan fingerprint density at radius 1 is 1.29 bits per heavy atom. The van der Waals surface area contributed by atoms with Crippen LogP contribution in [0.3, 0.4) is 0 Å². The average Bonchev–Trinajstić information content (AvgIpc) is 2.57. The Labute approximate surface area is 86.6 Å². The Balaban J connectivity index is 1.53. The Bertz CT molecular complexity index is 171. The summed E-state index contributed by atoms with van der Waals surface area (Å²) >= 11 is 0. The molecule has 2 rings (SSSR count). The number of nitrogens with zero attached hydrogens (tertiary/aromatic N) is 1. The lowest BCUT2D eigenvalue weighted by atomic mass is 10.0. The quantitative estimate of drug-likeness (QED) is 0.706. The Morgan fingerprint density at radius 3 is 2.71 bits per heavy atom. The molecule has 0 bridgehead atoms.